The summed E-state index contributed by atoms with van der Waals surface area (Å²) in [4.78, 5) is 16.6. The SMILES string of the molecule is CC(C)(C)C(NC(=O)c1csc(CN)n1)c1ccc(F)cc1. The summed E-state index contributed by atoms with van der Waals surface area (Å²) in [6.45, 7) is 6.38. The number of amides is 1. The monoisotopic (exact) mass is 321 g/mol. The van der Waals surface area contributed by atoms with Crippen LogP contribution in [0.3, 0.4) is 0 Å². The Labute approximate surface area is 133 Å². The number of benzene rings is 1. The Morgan fingerprint density at radius 1 is 1.36 bits per heavy atom. The molecule has 0 aliphatic carbocycles. The summed E-state index contributed by atoms with van der Waals surface area (Å²) in [6.07, 6.45) is 0. The van der Waals surface area contributed by atoms with Gasteiger partial charge in [0.2, 0.25) is 0 Å². The molecule has 2 aromatic rings. The normalized spacial score (nSPS) is 13.0. The van der Waals surface area contributed by atoms with Gasteiger partial charge in [-0.2, -0.15) is 0 Å². The van der Waals surface area contributed by atoms with E-state index in [0.29, 0.717) is 12.2 Å². The second-order valence-electron chi connectivity index (χ2n) is 6.15. The molecule has 2 rings (SSSR count). The van der Waals surface area contributed by atoms with Gasteiger partial charge in [-0.25, -0.2) is 9.37 Å². The minimum atomic E-state index is -0.296. The van der Waals surface area contributed by atoms with Gasteiger partial charge in [0.1, 0.15) is 16.5 Å². The number of nitrogens with zero attached hydrogens (tertiary/aromatic N) is 1. The van der Waals surface area contributed by atoms with Crippen LogP contribution in [0.25, 0.3) is 0 Å². The summed E-state index contributed by atoms with van der Waals surface area (Å²) < 4.78 is 13.1. The molecule has 1 heterocycles. The third-order valence-corrected chi connectivity index (χ3v) is 4.17. The average molecular weight is 321 g/mol. The second-order valence-corrected chi connectivity index (χ2v) is 7.10. The van der Waals surface area contributed by atoms with Crippen molar-refractivity contribution in [2.75, 3.05) is 0 Å². The van der Waals surface area contributed by atoms with Gasteiger partial charge in [-0.3, -0.25) is 4.79 Å². The summed E-state index contributed by atoms with van der Waals surface area (Å²) in [5.41, 5.74) is 6.52. The highest BCUT2D eigenvalue weighted by Gasteiger charge is 2.28. The Hall–Kier alpha value is -1.79. The predicted octanol–water partition coefficient (Wildman–Crippen LogP) is 3.26. The van der Waals surface area contributed by atoms with Gasteiger partial charge >= 0.3 is 0 Å². The van der Waals surface area contributed by atoms with Crippen LogP contribution in [0.1, 0.15) is 47.9 Å². The molecule has 0 saturated heterocycles. The smallest absolute Gasteiger partial charge is 0.271 e. The van der Waals surface area contributed by atoms with E-state index in [-0.39, 0.29) is 23.2 Å². The molecule has 4 nitrogen and oxygen atoms in total. The van der Waals surface area contributed by atoms with Gasteiger partial charge in [0, 0.05) is 11.9 Å². The first-order chi connectivity index (χ1) is 10.3. The van der Waals surface area contributed by atoms with E-state index < -0.39 is 0 Å². The van der Waals surface area contributed by atoms with E-state index >= 15 is 0 Å². The molecule has 1 aromatic carbocycles. The predicted molar refractivity (Wildman–Crippen MR) is 86.1 cm³/mol. The molecule has 1 amide bonds. The van der Waals surface area contributed by atoms with Crippen molar-refractivity contribution >= 4 is 17.2 Å². The number of nitrogens with one attached hydrogen (secondary N) is 1. The molecule has 22 heavy (non-hydrogen) atoms. The maximum Gasteiger partial charge on any atom is 0.271 e. The van der Waals surface area contributed by atoms with E-state index in [0.717, 1.165) is 10.6 Å². The van der Waals surface area contributed by atoms with Gasteiger partial charge in [-0.1, -0.05) is 32.9 Å². The number of hydrogen-bond acceptors (Lipinski definition) is 4. The van der Waals surface area contributed by atoms with Crippen LogP contribution >= 0.6 is 11.3 Å². The summed E-state index contributed by atoms with van der Waals surface area (Å²) in [7, 11) is 0. The number of halogens is 1. The lowest BCUT2D eigenvalue weighted by molar-refractivity contribution is 0.0897. The molecule has 1 unspecified atom stereocenters. The van der Waals surface area contributed by atoms with Crippen LogP contribution in [0.15, 0.2) is 29.6 Å². The molecular formula is C16H20FN3OS. The zero-order chi connectivity index (χ0) is 16.3. The number of aromatic nitrogens is 1. The van der Waals surface area contributed by atoms with E-state index in [9.17, 15) is 9.18 Å². The van der Waals surface area contributed by atoms with Crippen molar-refractivity contribution in [3.63, 3.8) is 0 Å². The van der Waals surface area contributed by atoms with Gasteiger partial charge in [-0.05, 0) is 23.1 Å². The third-order valence-electron chi connectivity index (χ3n) is 3.30. The first-order valence-electron chi connectivity index (χ1n) is 7.02. The molecule has 0 spiro atoms. The number of nitrogens with two attached hydrogens (primary N) is 1. The van der Waals surface area contributed by atoms with Crippen molar-refractivity contribution in [1.29, 1.82) is 0 Å². The largest absolute Gasteiger partial charge is 0.343 e. The quantitative estimate of drug-likeness (QED) is 0.908. The van der Waals surface area contributed by atoms with Crippen LogP contribution in [-0.4, -0.2) is 10.9 Å². The molecular weight excluding hydrogens is 301 g/mol. The van der Waals surface area contributed by atoms with Crippen molar-refractivity contribution < 1.29 is 9.18 Å². The lowest BCUT2D eigenvalue weighted by Gasteiger charge is -2.31. The first kappa shape index (κ1) is 16.6. The molecule has 3 N–H and O–H groups in total. The van der Waals surface area contributed by atoms with Crippen molar-refractivity contribution in [2.24, 2.45) is 11.1 Å². The van der Waals surface area contributed by atoms with Crippen molar-refractivity contribution in [2.45, 2.75) is 33.4 Å². The second kappa shape index (κ2) is 6.54. The molecule has 0 fully saturated rings. The van der Waals surface area contributed by atoms with Gasteiger partial charge in [0.05, 0.1) is 6.04 Å². The Kier molecular flexibility index (Phi) is 4.93. The number of rotatable bonds is 4. The van der Waals surface area contributed by atoms with Crippen LogP contribution < -0.4 is 11.1 Å². The molecule has 0 radical (unpaired) electrons. The van der Waals surface area contributed by atoms with E-state index in [4.69, 9.17) is 5.73 Å². The fourth-order valence-electron chi connectivity index (χ4n) is 2.17. The van der Waals surface area contributed by atoms with Crippen molar-refractivity contribution in [3.05, 3.63) is 51.7 Å². The molecule has 118 valence electrons. The Balaban J connectivity index is 2.23. The lowest BCUT2D eigenvalue weighted by atomic mass is 9.82. The Morgan fingerprint density at radius 3 is 2.50 bits per heavy atom. The van der Waals surface area contributed by atoms with Crippen molar-refractivity contribution in [3.8, 4) is 0 Å². The van der Waals surface area contributed by atoms with Crippen LogP contribution in [0.2, 0.25) is 0 Å². The zero-order valence-corrected chi connectivity index (χ0v) is 13.7. The first-order valence-corrected chi connectivity index (χ1v) is 7.90. The van der Waals surface area contributed by atoms with Gasteiger partial charge in [0.25, 0.3) is 5.91 Å². The van der Waals surface area contributed by atoms with Gasteiger partial charge in [-0.15, -0.1) is 11.3 Å². The molecule has 0 bridgehead atoms. The van der Waals surface area contributed by atoms with Crippen LogP contribution in [0.4, 0.5) is 4.39 Å². The Morgan fingerprint density at radius 2 is 2.00 bits per heavy atom. The number of carbonyl (C=O) groups is 1. The standard InChI is InChI=1S/C16H20FN3OS/c1-16(2,3)14(10-4-6-11(17)7-5-10)20-15(21)12-9-22-13(8-18)19-12/h4-7,9,14H,8,18H2,1-3H3,(H,20,21). The van der Waals surface area contributed by atoms with Gasteiger partial charge < -0.3 is 11.1 Å². The summed E-state index contributed by atoms with van der Waals surface area (Å²) >= 11 is 1.36. The molecule has 0 aliphatic heterocycles. The fraction of sp³-hybridized carbons (Fsp3) is 0.375. The molecule has 1 atom stereocenters. The maximum atomic E-state index is 13.1. The topological polar surface area (TPSA) is 68.0 Å². The van der Waals surface area contributed by atoms with Crippen LogP contribution in [0.5, 0.6) is 0 Å². The molecule has 1 aromatic heterocycles. The minimum Gasteiger partial charge on any atom is -0.343 e. The third kappa shape index (κ3) is 3.90. The number of thiazole rings is 1. The van der Waals surface area contributed by atoms with E-state index in [1.165, 1.54) is 23.5 Å². The molecule has 0 saturated carbocycles. The van der Waals surface area contributed by atoms with Crippen LogP contribution in [0, 0.1) is 11.2 Å². The highest BCUT2D eigenvalue weighted by Crippen LogP contribution is 2.33. The summed E-state index contributed by atoms with van der Waals surface area (Å²) in [5, 5.41) is 5.41. The highest BCUT2D eigenvalue weighted by atomic mass is 32.1. The zero-order valence-electron chi connectivity index (χ0n) is 12.9. The van der Waals surface area contributed by atoms with Crippen LogP contribution in [-0.2, 0) is 6.54 Å². The van der Waals surface area contributed by atoms with E-state index in [1.54, 1.807) is 17.5 Å². The number of hydrogen-bond donors (Lipinski definition) is 2. The van der Waals surface area contributed by atoms with Crippen molar-refractivity contribution in [1.82, 2.24) is 10.3 Å². The number of carbonyl (C=O) groups excluding carboxylic acids is 1. The minimum absolute atomic E-state index is 0.222. The highest BCUT2D eigenvalue weighted by molar-refractivity contribution is 7.09. The van der Waals surface area contributed by atoms with E-state index in [1.807, 2.05) is 20.8 Å². The molecule has 0 aliphatic rings. The summed E-state index contributed by atoms with van der Waals surface area (Å²) in [5.74, 6) is -0.546. The Bertz CT molecular complexity index is 646. The van der Waals surface area contributed by atoms with E-state index in [2.05, 4.69) is 10.3 Å². The maximum absolute atomic E-state index is 13.1. The fourth-order valence-corrected chi connectivity index (χ4v) is 2.82. The molecule has 6 heteroatoms. The average Bonchev–Trinajstić information content (AvgIpc) is 2.93. The lowest BCUT2D eigenvalue weighted by Crippen LogP contribution is -2.36. The van der Waals surface area contributed by atoms with Gasteiger partial charge in [0.15, 0.2) is 0 Å². The summed E-state index contributed by atoms with van der Waals surface area (Å²) in [6, 6.07) is 5.93.